The second-order valence-corrected chi connectivity index (χ2v) is 4.31. The molecule has 1 saturated heterocycles. The van der Waals surface area contributed by atoms with Gasteiger partial charge >= 0.3 is 0 Å². The zero-order valence-corrected chi connectivity index (χ0v) is 9.85. The predicted molar refractivity (Wildman–Crippen MR) is 60.8 cm³/mol. The fourth-order valence-corrected chi connectivity index (χ4v) is 2.21. The molecule has 2 heterocycles. The highest BCUT2D eigenvalue weighted by Crippen LogP contribution is 2.18. The Morgan fingerprint density at radius 2 is 2.38 bits per heavy atom. The van der Waals surface area contributed by atoms with Gasteiger partial charge in [-0.05, 0) is 19.4 Å². The van der Waals surface area contributed by atoms with Crippen molar-refractivity contribution in [3.63, 3.8) is 0 Å². The average molecular weight is 224 g/mol. The third kappa shape index (κ3) is 2.59. The van der Waals surface area contributed by atoms with Crippen LogP contribution in [0.25, 0.3) is 0 Å². The third-order valence-electron chi connectivity index (χ3n) is 3.19. The van der Waals surface area contributed by atoms with Gasteiger partial charge in [-0.25, -0.2) is 0 Å². The molecule has 2 N–H and O–H groups in total. The number of nitrogens with zero attached hydrogens (tertiary/aromatic N) is 3. The molecule has 1 aliphatic rings. The molecule has 1 aromatic rings. The van der Waals surface area contributed by atoms with E-state index in [0.29, 0.717) is 6.04 Å². The standard InChI is InChI=1S/C11H20N4O/c1-2-10-13-11(16-14-10)8-15-6-4-3-5-9(15)7-12/h9H,2-8,12H2,1H3. The maximum absolute atomic E-state index is 5.77. The first-order valence-corrected chi connectivity index (χ1v) is 6.09. The van der Waals surface area contributed by atoms with Crippen LogP contribution in [-0.2, 0) is 13.0 Å². The summed E-state index contributed by atoms with van der Waals surface area (Å²) in [7, 11) is 0. The fourth-order valence-electron chi connectivity index (χ4n) is 2.21. The van der Waals surface area contributed by atoms with Crippen LogP contribution in [0.15, 0.2) is 4.52 Å². The smallest absolute Gasteiger partial charge is 0.240 e. The fraction of sp³-hybridized carbons (Fsp3) is 0.818. The van der Waals surface area contributed by atoms with Crippen molar-refractivity contribution in [1.82, 2.24) is 15.0 Å². The number of aryl methyl sites for hydroxylation is 1. The van der Waals surface area contributed by atoms with E-state index in [1.54, 1.807) is 0 Å². The second kappa shape index (κ2) is 5.41. The number of nitrogens with two attached hydrogens (primary N) is 1. The minimum atomic E-state index is 0.478. The lowest BCUT2D eigenvalue weighted by Gasteiger charge is -2.33. The van der Waals surface area contributed by atoms with Gasteiger partial charge in [0.05, 0.1) is 6.54 Å². The van der Waals surface area contributed by atoms with Crippen LogP contribution in [0.1, 0.15) is 37.9 Å². The Kier molecular flexibility index (Phi) is 3.90. The van der Waals surface area contributed by atoms with Gasteiger partial charge in [0, 0.05) is 19.0 Å². The van der Waals surface area contributed by atoms with Crippen LogP contribution in [0.5, 0.6) is 0 Å². The lowest BCUT2D eigenvalue weighted by atomic mass is 10.0. The molecule has 0 radical (unpaired) electrons. The highest BCUT2D eigenvalue weighted by atomic mass is 16.5. The summed E-state index contributed by atoms with van der Waals surface area (Å²) in [6, 6.07) is 0.478. The third-order valence-corrected chi connectivity index (χ3v) is 3.19. The van der Waals surface area contributed by atoms with Crippen LogP contribution in [0.3, 0.4) is 0 Å². The molecule has 0 aromatic carbocycles. The van der Waals surface area contributed by atoms with Crippen LogP contribution in [0.4, 0.5) is 0 Å². The molecule has 0 bridgehead atoms. The van der Waals surface area contributed by atoms with Gasteiger partial charge in [-0.2, -0.15) is 4.98 Å². The molecule has 2 rings (SSSR count). The molecule has 1 aromatic heterocycles. The van der Waals surface area contributed by atoms with Crippen LogP contribution in [-0.4, -0.2) is 34.2 Å². The zero-order chi connectivity index (χ0) is 11.4. The summed E-state index contributed by atoms with van der Waals surface area (Å²) in [5.41, 5.74) is 5.77. The largest absolute Gasteiger partial charge is 0.338 e. The lowest BCUT2D eigenvalue weighted by molar-refractivity contribution is 0.128. The number of hydrogen-bond donors (Lipinski definition) is 1. The van der Waals surface area contributed by atoms with Gasteiger partial charge in [0.15, 0.2) is 5.82 Å². The Bertz CT molecular complexity index is 326. The van der Waals surface area contributed by atoms with Gasteiger partial charge in [-0.1, -0.05) is 18.5 Å². The van der Waals surface area contributed by atoms with E-state index in [4.69, 9.17) is 10.3 Å². The number of aromatic nitrogens is 2. The molecule has 5 heteroatoms. The molecule has 0 spiro atoms. The van der Waals surface area contributed by atoms with E-state index in [1.807, 2.05) is 6.92 Å². The van der Waals surface area contributed by atoms with Gasteiger partial charge in [-0.3, -0.25) is 4.90 Å². The average Bonchev–Trinajstić information content (AvgIpc) is 2.77. The van der Waals surface area contributed by atoms with Gasteiger partial charge in [0.2, 0.25) is 5.89 Å². The van der Waals surface area contributed by atoms with Crippen LogP contribution < -0.4 is 5.73 Å². The summed E-state index contributed by atoms with van der Waals surface area (Å²) in [6.07, 6.45) is 4.53. The lowest BCUT2D eigenvalue weighted by Crippen LogP contribution is -2.43. The van der Waals surface area contributed by atoms with E-state index in [0.717, 1.165) is 37.8 Å². The van der Waals surface area contributed by atoms with Crippen molar-refractivity contribution < 1.29 is 4.52 Å². The second-order valence-electron chi connectivity index (χ2n) is 4.31. The summed E-state index contributed by atoms with van der Waals surface area (Å²) >= 11 is 0. The van der Waals surface area contributed by atoms with Crippen molar-refractivity contribution in [2.24, 2.45) is 5.73 Å². The summed E-state index contributed by atoms with van der Waals surface area (Å²) in [5.74, 6) is 1.51. The predicted octanol–water partition coefficient (Wildman–Crippen LogP) is 0.945. The van der Waals surface area contributed by atoms with Crippen LogP contribution >= 0.6 is 0 Å². The molecule has 1 fully saturated rings. The molecule has 5 nitrogen and oxygen atoms in total. The zero-order valence-electron chi connectivity index (χ0n) is 9.85. The monoisotopic (exact) mass is 224 g/mol. The van der Waals surface area contributed by atoms with E-state index in [1.165, 1.54) is 19.3 Å². The molecule has 1 unspecified atom stereocenters. The van der Waals surface area contributed by atoms with E-state index in [9.17, 15) is 0 Å². The summed E-state index contributed by atoms with van der Waals surface area (Å²) in [4.78, 5) is 6.69. The molecule has 0 aliphatic carbocycles. The summed E-state index contributed by atoms with van der Waals surface area (Å²) < 4.78 is 5.21. The van der Waals surface area contributed by atoms with E-state index < -0.39 is 0 Å². The van der Waals surface area contributed by atoms with E-state index in [-0.39, 0.29) is 0 Å². The molecule has 1 atom stereocenters. The van der Waals surface area contributed by atoms with Crippen LogP contribution in [0.2, 0.25) is 0 Å². The normalized spacial score (nSPS) is 22.5. The minimum absolute atomic E-state index is 0.478. The van der Waals surface area contributed by atoms with Crippen molar-refractivity contribution in [3.8, 4) is 0 Å². The molecule has 0 saturated carbocycles. The first kappa shape index (κ1) is 11.5. The highest BCUT2D eigenvalue weighted by Gasteiger charge is 2.22. The summed E-state index contributed by atoms with van der Waals surface area (Å²) in [5, 5.41) is 3.91. The first-order valence-electron chi connectivity index (χ1n) is 6.09. The number of rotatable bonds is 4. The maximum atomic E-state index is 5.77. The maximum Gasteiger partial charge on any atom is 0.240 e. The number of hydrogen-bond acceptors (Lipinski definition) is 5. The molecular formula is C11H20N4O. The molecular weight excluding hydrogens is 204 g/mol. The van der Waals surface area contributed by atoms with Crippen molar-refractivity contribution in [1.29, 1.82) is 0 Å². The van der Waals surface area contributed by atoms with Gasteiger partial charge in [0.25, 0.3) is 0 Å². The molecule has 1 aliphatic heterocycles. The van der Waals surface area contributed by atoms with Crippen molar-refractivity contribution in [3.05, 3.63) is 11.7 Å². The number of likely N-dealkylation sites (tertiary alicyclic amines) is 1. The van der Waals surface area contributed by atoms with Crippen molar-refractivity contribution >= 4 is 0 Å². The Labute approximate surface area is 96.0 Å². The minimum Gasteiger partial charge on any atom is -0.338 e. The highest BCUT2D eigenvalue weighted by molar-refractivity contribution is 4.88. The quantitative estimate of drug-likeness (QED) is 0.824. The van der Waals surface area contributed by atoms with E-state index in [2.05, 4.69) is 15.0 Å². The SMILES string of the molecule is CCc1noc(CN2CCCCC2CN)n1. The van der Waals surface area contributed by atoms with Crippen molar-refractivity contribution in [2.75, 3.05) is 13.1 Å². The Morgan fingerprint density at radius 1 is 1.50 bits per heavy atom. The Morgan fingerprint density at radius 3 is 3.06 bits per heavy atom. The molecule has 0 amide bonds. The van der Waals surface area contributed by atoms with E-state index >= 15 is 0 Å². The van der Waals surface area contributed by atoms with Gasteiger partial charge < -0.3 is 10.3 Å². The topological polar surface area (TPSA) is 68.2 Å². The molecule has 16 heavy (non-hydrogen) atoms. The Balaban J connectivity index is 1.96. The van der Waals surface area contributed by atoms with Crippen LogP contribution in [0, 0.1) is 0 Å². The van der Waals surface area contributed by atoms with Crippen molar-refractivity contribution in [2.45, 2.75) is 45.2 Å². The first-order chi connectivity index (χ1) is 7.83. The van der Waals surface area contributed by atoms with Gasteiger partial charge in [-0.15, -0.1) is 0 Å². The van der Waals surface area contributed by atoms with Gasteiger partial charge in [0.1, 0.15) is 0 Å². The number of piperidine rings is 1. The summed E-state index contributed by atoms with van der Waals surface area (Å²) in [6.45, 7) is 4.58. The Hall–Kier alpha value is -0.940. The molecule has 90 valence electrons.